The van der Waals surface area contributed by atoms with Crippen LogP contribution in [0, 0.1) is 0 Å². The van der Waals surface area contributed by atoms with Gasteiger partial charge < -0.3 is 4.74 Å². The van der Waals surface area contributed by atoms with Crippen LogP contribution in [-0.4, -0.2) is 18.6 Å². The molecule has 18 heavy (non-hydrogen) atoms. The van der Waals surface area contributed by atoms with E-state index in [0.717, 1.165) is 5.56 Å². The first-order chi connectivity index (χ1) is 8.63. The van der Waals surface area contributed by atoms with E-state index in [4.69, 9.17) is 11.6 Å². The second-order valence-corrected chi connectivity index (χ2v) is 3.89. The van der Waals surface area contributed by atoms with E-state index in [9.17, 15) is 9.59 Å². The average Bonchev–Trinajstić information content (AvgIpc) is 2.36. The van der Waals surface area contributed by atoms with E-state index in [1.165, 1.54) is 0 Å². The number of carbonyl (C=O) groups is 2. The molecule has 1 rings (SSSR count). The van der Waals surface area contributed by atoms with Gasteiger partial charge in [0, 0.05) is 11.4 Å². The number of halogens is 1. The summed E-state index contributed by atoms with van der Waals surface area (Å²) >= 11 is 5.96. The van der Waals surface area contributed by atoms with Gasteiger partial charge in [0.2, 0.25) is 5.91 Å². The van der Waals surface area contributed by atoms with Gasteiger partial charge in [-0.25, -0.2) is 10.2 Å². The third kappa shape index (κ3) is 5.05. The molecule has 98 valence electrons. The molecular formula is C12H15ClN2O3. The molecule has 0 unspecified atom stereocenters. The lowest BCUT2D eigenvalue weighted by atomic mass is 10.1. The molecule has 0 radical (unpaired) electrons. The number of carbonyl (C=O) groups excluding carboxylic acids is 2. The third-order valence-electron chi connectivity index (χ3n) is 2.16. The van der Waals surface area contributed by atoms with Crippen molar-refractivity contribution in [2.24, 2.45) is 0 Å². The van der Waals surface area contributed by atoms with E-state index in [0.29, 0.717) is 11.4 Å². The Balaban J connectivity index is 2.29. The lowest BCUT2D eigenvalue weighted by Gasteiger charge is -2.07. The van der Waals surface area contributed by atoms with Gasteiger partial charge in [0.25, 0.3) is 0 Å². The van der Waals surface area contributed by atoms with Crippen molar-refractivity contribution in [3.8, 4) is 0 Å². The number of amides is 2. The summed E-state index contributed by atoms with van der Waals surface area (Å²) < 4.78 is 4.59. The van der Waals surface area contributed by atoms with E-state index in [1.807, 2.05) is 18.2 Å². The molecule has 0 aliphatic carbocycles. The highest BCUT2D eigenvalue weighted by atomic mass is 35.5. The van der Waals surface area contributed by atoms with Crippen molar-refractivity contribution < 1.29 is 14.3 Å². The summed E-state index contributed by atoms with van der Waals surface area (Å²) in [5.41, 5.74) is 5.28. The van der Waals surface area contributed by atoms with Gasteiger partial charge >= 0.3 is 6.09 Å². The molecule has 0 aromatic heterocycles. The lowest BCUT2D eigenvalue weighted by Crippen LogP contribution is -2.42. The number of hydrazine groups is 1. The van der Waals surface area contributed by atoms with Crippen molar-refractivity contribution in [3.63, 3.8) is 0 Å². The highest BCUT2D eigenvalue weighted by Crippen LogP contribution is 2.16. The van der Waals surface area contributed by atoms with Crippen LogP contribution in [-0.2, 0) is 16.0 Å². The molecule has 2 amide bonds. The Labute approximate surface area is 110 Å². The second-order valence-electron chi connectivity index (χ2n) is 3.49. The summed E-state index contributed by atoms with van der Waals surface area (Å²) in [6, 6.07) is 7.31. The van der Waals surface area contributed by atoms with Crippen LogP contribution >= 0.6 is 11.6 Å². The van der Waals surface area contributed by atoms with Gasteiger partial charge in [-0.2, -0.15) is 0 Å². The van der Waals surface area contributed by atoms with Crippen LogP contribution in [0.3, 0.4) is 0 Å². The monoisotopic (exact) mass is 270 g/mol. The Morgan fingerprint density at radius 2 is 2.00 bits per heavy atom. The number of rotatable bonds is 4. The van der Waals surface area contributed by atoms with Crippen molar-refractivity contribution in [3.05, 3.63) is 34.9 Å². The topological polar surface area (TPSA) is 67.4 Å². The molecule has 0 spiro atoms. The molecule has 0 bridgehead atoms. The SMILES string of the molecule is CCOC(=O)NNC(=O)CCc1ccccc1Cl. The second kappa shape index (κ2) is 7.55. The summed E-state index contributed by atoms with van der Waals surface area (Å²) in [5, 5.41) is 0.628. The molecule has 2 N–H and O–H groups in total. The molecule has 0 heterocycles. The van der Waals surface area contributed by atoms with Crippen molar-refractivity contribution in [2.75, 3.05) is 6.61 Å². The van der Waals surface area contributed by atoms with Crippen LogP contribution in [0.4, 0.5) is 4.79 Å². The number of hydrogen-bond donors (Lipinski definition) is 2. The standard InChI is InChI=1S/C12H15ClN2O3/c1-2-18-12(17)15-14-11(16)8-7-9-5-3-4-6-10(9)13/h3-6H,2,7-8H2,1H3,(H,14,16)(H,15,17). The van der Waals surface area contributed by atoms with Gasteiger partial charge in [0.15, 0.2) is 0 Å². The molecule has 1 aromatic rings. The smallest absolute Gasteiger partial charge is 0.426 e. The van der Waals surface area contributed by atoms with E-state index < -0.39 is 6.09 Å². The van der Waals surface area contributed by atoms with Gasteiger partial charge in [-0.05, 0) is 25.0 Å². The van der Waals surface area contributed by atoms with Gasteiger partial charge in [0.05, 0.1) is 6.61 Å². The molecule has 0 saturated carbocycles. The first-order valence-electron chi connectivity index (χ1n) is 5.58. The largest absolute Gasteiger partial charge is 0.449 e. The summed E-state index contributed by atoms with van der Waals surface area (Å²) in [6.07, 6.45) is 0.0650. The van der Waals surface area contributed by atoms with Crippen LogP contribution in [0.1, 0.15) is 18.9 Å². The molecule has 0 fully saturated rings. The Morgan fingerprint density at radius 3 is 2.67 bits per heavy atom. The molecule has 0 aliphatic heterocycles. The maximum atomic E-state index is 11.4. The van der Waals surface area contributed by atoms with Gasteiger partial charge in [0.1, 0.15) is 0 Å². The maximum Gasteiger partial charge on any atom is 0.426 e. The number of hydrogen-bond acceptors (Lipinski definition) is 3. The lowest BCUT2D eigenvalue weighted by molar-refractivity contribution is -0.121. The van der Waals surface area contributed by atoms with E-state index in [-0.39, 0.29) is 18.9 Å². The number of nitrogens with one attached hydrogen (secondary N) is 2. The fourth-order valence-electron chi connectivity index (χ4n) is 1.30. The molecule has 5 nitrogen and oxygen atoms in total. The molecule has 1 aromatic carbocycles. The number of aryl methyl sites for hydroxylation is 1. The Morgan fingerprint density at radius 1 is 1.28 bits per heavy atom. The van der Waals surface area contributed by atoms with Crippen LogP contribution in [0.25, 0.3) is 0 Å². The highest BCUT2D eigenvalue weighted by Gasteiger charge is 2.06. The van der Waals surface area contributed by atoms with Gasteiger partial charge in [-0.15, -0.1) is 0 Å². The zero-order chi connectivity index (χ0) is 13.4. The minimum atomic E-state index is -0.677. The normalized spacial score (nSPS) is 9.67. The molecule has 0 atom stereocenters. The van der Waals surface area contributed by atoms with Gasteiger partial charge in [-0.3, -0.25) is 10.2 Å². The fraction of sp³-hybridized carbons (Fsp3) is 0.333. The molecular weight excluding hydrogens is 256 g/mol. The zero-order valence-corrected chi connectivity index (χ0v) is 10.8. The third-order valence-corrected chi connectivity index (χ3v) is 2.53. The number of ether oxygens (including phenoxy) is 1. The van der Waals surface area contributed by atoms with Crippen LogP contribution in [0.2, 0.25) is 5.02 Å². The minimum absolute atomic E-state index is 0.232. The average molecular weight is 271 g/mol. The summed E-state index contributed by atoms with van der Waals surface area (Å²) in [4.78, 5) is 22.3. The first-order valence-corrected chi connectivity index (χ1v) is 5.96. The minimum Gasteiger partial charge on any atom is -0.449 e. The van der Waals surface area contributed by atoms with Crippen molar-refractivity contribution in [2.45, 2.75) is 19.8 Å². The van der Waals surface area contributed by atoms with Crippen molar-refractivity contribution in [1.29, 1.82) is 0 Å². The molecule has 6 heteroatoms. The van der Waals surface area contributed by atoms with Crippen LogP contribution < -0.4 is 10.9 Å². The summed E-state index contributed by atoms with van der Waals surface area (Å²) in [5.74, 6) is -0.303. The maximum absolute atomic E-state index is 11.4. The molecule has 0 saturated heterocycles. The predicted molar refractivity (Wildman–Crippen MR) is 68.1 cm³/mol. The quantitative estimate of drug-likeness (QED) is 0.823. The van der Waals surface area contributed by atoms with E-state index in [2.05, 4.69) is 15.6 Å². The fourth-order valence-corrected chi connectivity index (χ4v) is 1.53. The Bertz CT molecular complexity index is 424. The van der Waals surface area contributed by atoms with E-state index >= 15 is 0 Å². The van der Waals surface area contributed by atoms with E-state index in [1.54, 1.807) is 13.0 Å². The summed E-state index contributed by atoms with van der Waals surface area (Å²) in [6.45, 7) is 1.93. The Hall–Kier alpha value is -1.75. The predicted octanol–water partition coefficient (Wildman–Crippen LogP) is 2.05. The van der Waals surface area contributed by atoms with Crippen molar-refractivity contribution in [1.82, 2.24) is 10.9 Å². The Kier molecular flexibility index (Phi) is 6.00. The van der Waals surface area contributed by atoms with Crippen LogP contribution in [0.15, 0.2) is 24.3 Å². The molecule has 0 aliphatic rings. The zero-order valence-electron chi connectivity index (χ0n) is 10.0. The number of benzene rings is 1. The highest BCUT2D eigenvalue weighted by molar-refractivity contribution is 6.31. The first kappa shape index (κ1) is 14.3. The summed E-state index contributed by atoms with van der Waals surface area (Å²) in [7, 11) is 0. The van der Waals surface area contributed by atoms with Crippen LogP contribution in [0.5, 0.6) is 0 Å². The van der Waals surface area contributed by atoms with Crippen molar-refractivity contribution >= 4 is 23.6 Å². The van der Waals surface area contributed by atoms with Gasteiger partial charge in [-0.1, -0.05) is 29.8 Å².